The average molecular weight is 304 g/mol. The zero-order chi connectivity index (χ0) is 15.0. The highest BCUT2D eigenvalue weighted by Crippen LogP contribution is 2.38. The molecule has 1 amide bonds. The van der Waals surface area contributed by atoms with Gasteiger partial charge in [-0.15, -0.1) is 11.3 Å². The summed E-state index contributed by atoms with van der Waals surface area (Å²) in [6.07, 6.45) is 2.45. The topological polar surface area (TPSA) is 69.2 Å². The Morgan fingerprint density at radius 2 is 1.90 bits per heavy atom. The number of halogens is 1. The second kappa shape index (κ2) is 5.29. The van der Waals surface area contributed by atoms with Crippen LogP contribution in [-0.2, 0) is 12.8 Å². The molecule has 21 heavy (non-hydrogen) atoms. The molecule has 0 atom stereocenters. The third-order valence-electron chi connectivity index (χ3n) is 3.46. The van der Waals surface area contributed by atoms with Gasteiger partial charge in [-0.05, 0) is 49.1 Å². The number of benzene rings is 1. The maximum atomic E-state index is 12.8. The van der Waals surface area contributed by atoms with Crippen LogP contribution in [0.15, 0.2) is 24.3 Å². The number of aromatic carboxylic acids is 1. The summed E-state index contributed by atoms with van der Waals surface area (Å²) in [6, 6.07) is 5.07. The van der Waals surface area contributed by atoms with Crippen LogP contribution < -0.4 is 10.4 Å². The molecule has 0 saturated heterocycles. The molecule has 0 bridgehead atoms. The Morgan fingerprint density at radius 1 is 1.19 bits per heavy atom. The standard InChI is InChI=1S/C15H12FNO3S/c16-9-6-4-8(5-7-9)13(18)17-14-12(15(19)20)10-2-1-3-11(10)21-14/h4-7H,1-3H2,(H,17,18)(H,19,20)/p-1. The lowest BCUT2D eigenvalue weighted by atomic mass is 10.1. The fourth-order valence-electron chi connectivity index (χ4n) is 2.48. The summed E-state index contributed by atoms with van der Waals surface area (Å²) in [5.74, 6) is -2.17. The van der Waals surface area contributed by atoms with Gasteiger partial charge >= 0.3 is 0 Å². The fourth-order valence-corrected chi connectivity index (χ4v) is 3.76. The number of anilines is 1. The summed E-state index contributed by atoms with van der Waals surface area (Å²) in [7, 11) is 0. The summed E-state index contributed by atoms with van der Waals surface area (Å²) in [5.41, 5.74) is 1.13. The maximum absolute atomic E-state index is 12.8. The molecule has 4 nitrogen and oxygen atoms in total. The Bertz CT molecular complexity index is 721. The number of carboxylic acid groups (broad SMARTS) is 1. The van der Waals surface area contributed by atoms with Crippen LogP contribution in [0.5, 0.6) is 0 Å². The molecule has 0 spiro atoms. The first-order valence-corrected chi connectivity index (χ1v) is 7.30. The Morgan fingerprint density at radius 3 is 2.57 bits per heavy atom. The number of carbonyl (C=O) groups is 2. The van der Waals surface area contributed by atoms with Crippen molar-refractivity contribution in [3.05, 3.63) is 51.7 Å². The van der Waals surface area contributed by atoms with E-state index in [9.17, 15) is 19.1 Å². The van der Waals surface area contributed by atoms with E-state index < -0.39 is 17.7 Å². The van der Waals surface area contributed by atoms with Gasteiger partial charge in [0.25, 0.3) is 5.91 Å². The second-order valence-electron chi connectivity index (χ2n) is 4.81. The molecule has 1 aromatic heterocycles. The van der Waals surface area contributed by atoms with Crippen LogP contribution in [0, 0.1) is 5.82 Å². The monoisotopic (exact) mass is 304 g/mol. The van der Waals surface area contributed by atoms with E-state index in [1.54, 1.807) is 0 Å². The minimum Gasteiger partial charge on any atom is -0.545 e. The molecule has 0 unspecified atom stereocenters. The molecular weight excluding hydrogens is 293 g/mol. The first-order valence-electron chi connectivity index (χ1n) is 6.49. The average Bonchev–Trinajstić information content (AvgIpc) is 2.98. The van der Waals surface area contributed by atoms with Crippen molar-refractivity contribution in [2.24, 2.45) is 0 Å². The molecule has 0 fully saturated rings. The van der Waals surface area contributed by atoms with Crippen LogP contribution in [-0.4, -0.2) is 11.9 Å². The van der Waals surface area contributed by atoms with Crippen molar-refractivity contribution in [3.63, 3.8) is 0 Å². The van der Waals surface area contributed by atoms with Gasteiger partial charge in [-0.3, -0.25) is 4.79 Å². The first kappa shape index (κ1) is 13.8. The van der Waals surface area contributed by atoms with Gasteiger partial charge in [-0.1, -0.05) is 0 Å². The molecule has 1 aliphatic carbocycles. The van der Waals surface area contributed by atoms with Crippen LogP contribution >= 0.6 is 11.3 Å². The van der Waals surface area contributed by atoms with Crippen LogP contribution in [0.1, 0.15) is 37.6 Å². The molecule has 108 valence electrons. The van der Waals surface area contributed by atoms with Gasteiger partial charge in [0, 0.05) is 16.0 Å². The highest BCUT2D eigenvalue weighted by Gasteiger charge is 2.23. The molecule has 1 N–H and O–H groups in total. The third-order valence-corrected chi connectivity index (χ3v) is 4.67. The van der Waals surface area contributed by atoms with Crippen LogP contribution in [0.3, 0.4) is 0 Å². The number of rotatable bonds is 3. The predicted octanol–water partition coefficient (Wildman–Crippen LogP) is 1.99. The third kappa shape index (κ3) is 2.54. The Balaban J connectivity index is 1.90. The Hall–Kier alpha value is -2.21. The summed E-state index contributed by atoms with van der Waals surface area (Å²) < 4.78 is 12.8. The van der Waals surface area contributed by atoms with Crippen molar-refractivity contribution in [2.75, 3.05) is 5.32 Å². The van der Waals surface area contributed by atoms with Crippen molar-refractivity contribution in [1.29, 1.82) is 0 Å². The molecule has 0 radical (unpaired) electrons. The van der Waals surface area contributed by atoms with Crippen molar-refractivity contribution in [2.45, 2.75) is 19.3 Å². The van der Waals surface area contributed by atoms with Gasteiger partial charge in [0.05, 0.1) is 5.97 Å². The fraction of sp³-hybridized carbons (Fsp3) is 0.200. The van der Waals surface area contributed by atoms with E-state index in [0.717, 1.165) is 23.3 Å². The number of thiophene rings is 1. The number of carboxylic acids is 1. The zero-order valence-corrected chi connectivity index (χ0v) is 11.8. The van der Waals surface area contributed by atoms with E-state index in [4.69, 9.17) is 0 Å². The van der Waals surface area contributed by atoms with Gasteiger partial charge in [0.2, 0.25) is 0 Å². The number of hydrogen-bond acceptors (Lipinski definition) is 4. The highest BCUT2D eigenvalue weighted by atomic mass is 32.1. The van der Waals surface area contributed by atoms with Crippen molar-refractivity contribution in [3.8, 4) is 0 Å². The molecular formula is C15H11FNO3S-. The molecule has 0 saturated carbocycles. The smallest absolute Gasteiger partial charge is 0.256 e. The number of nitrogens with one attached hydrogen (secondary N) is 1. The van der Waals surface area contributed by atoms with Crippen LogP contribution in [0.4, 0.5) is 9.39 Å². The molecule has 1 aromatic carbocycles. The largest absolute Gasteiger partial charge is 0.545 e. The van der Waals surface area contributed by atoms with E-state index in [-0.39, 0.29) is 11.1 Å². The van der Waals surface area contributed by atoms with E-state index >= 15 is 0 Å². The quantitative estimate of drug-likeness (QED) is 0.943. The summed E-state index contributed by atoms with van der Waals surface area (Å²) in [5, 5.41) is 14.2. The molecule has 6 heteroatoms. The van der Waals surface area contributed by atoms with Gasteiger partial charge < -0.3 is 15.2 Å². The number of hydrogen-bond donors (Lipinski definition) is 1. The van der Waals surface area contributed by atoms with E-state index in [0.29, 0.717) is 11.4 Å². The van der Waals surface area contributed by atoms with Crippen molar-refractivity contribution >= 4 is 28.2 Å². The molecule has 3 rings (SSSR count). The van der Waals surface area contributed by atoms with Crippen LogP contribution in [0.2, 0.25) is 0 Å². The van der Waals surface area contributed by atoms with Gasteiger partial charge in [-0.2, -0.15) is 0 Å². The van der Waals surface area contributed by atoms with E-state index in [1.165, 1.54) is 35.6 Å². The lowest BCUT2D eigenvalue weighted by molar-refractivity contribution is -0.254. The Labute approximate surface area is 124 Å². The zero-order valence-electron chi connectivity index (χ0n) is 10.9. The number of fused-ring (bicyclic) bond motifs is 1. The van der Waals surface area contributed by atoms with E-state index in [2.05, 4.69) is 5.32 Å². The van der Waals surface area contributed by atoms with Crippen molar-refractivity contribution < 1.29 is 19.1 Å². The van der Waals surface area contributed by atoms with Crippen molar-refractivity contribution in [1.82, 2.24) is 0 Å². The van der Waals surface area contributed by atoms with Gasteiger partial charge in [-0.25, -0.2) is 4.39 Å². The molecule has 1 aliphatic rings. The van der Waals surface area contributed by atoms with Gasteiger partial charge in [0.15, 0.2) is 0 Å². The molecule has 2 aromatic rings. The highest BCUT2D eigenvalue weighted by molar-refractivity contribution is 7.17. The number of aryl methyl sites for hydroxylation is 1. The van der Waals surface area contributed by atoms with E-state index in [1.807, 2.05) is 0 Å². The lowest BCUT2D eigenvalue weighted by Crippen LogP contribution is -2.25. The predicted molar refractivity (Wildman–Crippen MR) is 75.0 cm³/mol. The number of amides is 1. The minimum atomic E-state index is -1.27. The van der Waals surface area contributed by atoms with Crippen LogP contribution in [0.25, 0.3) is 0 Å². The molecule has 0 aliphatic heterocycles. The SMILES string of the molecule is O=C(Nc1sc2c(c1C(=O)[O-])CCC2)c1ccc(F)cc1. The summed E-state index contributed by atoms with van der Waals surface area (Å²) in [4.78, 5) is 24.4. The van der Waals surface area contributed by atoms with Gasteiger partial charge in [0.1, 0.15) is 10.8 Å². The first-order chi connectivity index (χ1) is 10.1. The molecule has 1 heterocycles. The maximum Gasteiger partial charge on any atom is 0.256 e. The Kier molecular flexibility index (Phi) is 3.47. The summed E-state index contributed by atoms with van der Waals surface area (Å²) in [6.45, 7) is 0. The summed E-state index contributed by atoms with van der Waals surface area (Å²) >= 11 is 1.28. The number of carbonyl (C=O) groups excluding carboxylic acids is 2. The lowest BCUT2D eigenvalue weighted by Gasteiger charge is -2.09. The minimum absolute atomic E-state index is 0.0861. The second-order valence-corrected chi connectivity index (χ2v) is 5.92. The normalized spacial score (nSPS) is 13.0.